The highest BCUT2D eigenvalue weighted by Gasteiger charge is 2.45. The van der Waals surface area contributed by atoms with Crippen LogP contribution in [0.5, 0.6) is 0 Å². The van der Waals surface area contributed by atoms with E-state index < -0.39 is 17.7 Å². The Kier molecular flexibility index (Phi) is 5.92. The molecule has 0 aromatic heterocycles. The first-order valence-electron chi connectivity index (χ1n) is 10.1. The Morgan fingerprint density at radius 1 is 0.935 bits per heavy atom. The summed E-state index contributed by atoms with van der Waals surface area (Å²) in [6.45, 7) is 2.30. The van der Waals surface area contributed by atoms with Crippen molar-refractivity contribution in [3.8, 4) is 0 Å². The fraction of sp³-hybridized carbons (Fsp3) is 0.154. The Labute approximate surface area is 186 Å². The smallest absolute Gasteiger partial charge is 0.295 e. The number of aryl methyl sites for hydroxylation is 1. The highest BCUT2D eigenvalue weighted by molar-refractivity contribution is 6.46. The van der Waals surface area contributed by atoms with Crippen LogP contribution in [0.25, 0.3) is 5.76 Å². The van der Waals surface area contributed by atoms with Crippen molar-refractivity contribution in [2.45, 2.75) is 19.4 Å². The zero-order chi connectivity index (χ0) is 22.0. The minimum atomic E-state index is -0.678. The minimum absolute atomic E-state index is 0.101. The van der Waals surface area contributed by atoms with E-state index in [0.29, 0.717) is 23.6 Å². The van der Waals surface area contributed by atoms with Crippen LogP contribution in [0.2, 0.25) is 5.02 Å². The van der Waals surface area contributed by atoms with Crippen LogP contribution < -0.4 is 0 Å². The van der Waals surface area contributed by atoms with Crippen molar-refractivity contribution >= 4 is 29.1 Å². The number of nitrogens with zero attached hydrogens (tertiary/aromatic N) is 1. The summed E-state index contributed by atoms with van der Waals surface area (Å²) in [7, 11) is 0. The van der Waals surface area contributed by atoms with Crippen molar-refractivity contribution in [2.24, 2.45) is 0 Å². The number of aliphatic hydroxyl groups is 1. The summed E-state index contributed by atoms with van der Waals surface area (Å²) in [6, 6.07) is 23.4. The lowest BCUT2D eigenvalue weighted by atomic mass is 9.95. The molecule has 1 saturated heterocycles. The third-order valence-corrected chi connectivity index (χ3v) is 5.79. The van der Waals surface area contributed by atoms with Gasteiger partial charge in [0, 0.05) is 17.1 Å². The number of aliphatic hydroxyl groups excluding tert-OH is 1. The second-order valence-corrected chi connectivity index (χ2v) is 8.08. The maximum atomic E-state index is 13.0. The number of halogens is 1. The maximum Gasteiger partial charge on any atom is 0.295 e. The van der Waals surface area contributed by atoms with E-state index in [1.807, 2.05) is 49.4 Å². The second kappa shape index (κ2) is 8.78. The fourth-order valence-corrected chi connectivity index (χ4v) is 3.99. The minimum Gasteiger partial charge on any atom is -0.507 e. The molecule has 1 unspecified atom stereocenters. The predicted octanol–water partition coefficient (Wildman–Crippen LogP) is 5.31. The Morgan fingerprint density at radius 3 is 2.23 bits per heavy atom. The number of amides is 1. The lowest BCUT2D eigenvalue weighted by Gasteiger charge is -2.25. The summed E-state index contributed by atoms with van der Waals surface area (Å²) in [5.41, 5.74) is 3.44. The van der Waals surface area contributed by atoms with Crippen LogP contribution in [-0.2, 0) is 16.0 Å². The van der Waals surface area contributed by atoms with Gasteiger partial charge in [0.25, 0.3) is 11.7 Å². The molecule has 0 saturated carbocycles. The molecule has 0 aliphatic carbocycles. The second-order valence-electron chi connectivity index (χ2n) is 7.65. The van der Waals surface area contributed by atoms with Crippen LogP contribution in [0.1, 0.15) is 28.3 Å². The molecule has 0 radical (unpaired) electrons. The Balaban J connectivity index is 1.78. The largest absolute Gasteiger partial charge is 0.507 e. The molecule has 3 aromatic carbocycles. The van der Waals surface area contributed by atoms with Gasteiger partial charge in [-0.05, 0) is 36.6 Å². The number of benzene rings is 3. The SMILES string of the molecule is Cc1ccc(/C(O)=C2\C(=O)C(=O)N(CCc3ccccc3)C2c2ccc(Cl)cc2)cc1. The Bertz CT molecular complexity index is 1140. The molecule has 156 valence electrons. The number of carbonyl (C=O) groups is 2. The van der Waals surface area contributed by atoms with Gasteiger partial charge < -0.3 is 10.0 Å². The molecule has 3 aromatic rings. The average molecular weight is 432 g/mol. The van der Waals surface area contributed by atoms with Crippen molar-refractivity contribution in [1.29, 1.82) is 0 Å². The van der Waals surface area contributed by atoms with Crippen molar-refractivity contribution in [3.05, 3.63) is 112 Å². The van der Waals surface area contributed by atoms with Crippen LogP contribution in [-0.4, -0.2) is 28.2 Å². The van der Waals surface area contributed by atoms with Crippen LogP contribution in [0.15, 0.2) is 84.4 Å². The van der Waals surface area contributed by atoms with Crippen molar-refractivity contribution < 1.29 is 14.7 Å². The van der Waals surface area contributed by atoms with Gasteiger partial charge in [-0.15, -0.1) is 0 Å². The molecule has 0 spiro atoms. The molecule has 1 aliphatic rings. The average Bonchev–Trinajstić information content (AvgIpc) is 3.04. The topological polar surface area (TPSA) is 57.6 Å². The Morgan fingerprint density at radius 2 is 1.58 bits per heavy atom. The van der Waals surface area contributed by atoms with Gasteiger partial charge in [-0.3, -0.25) is 9.59 Å². The van der Waals surface area contributed by atoms with E-state index in [4.69, 9.17) is 11.6 Å². The summed E-state index contributed by atoms with van der Waals surface area (Å²) in [4.78, 5) is 27.5. The van der Waals surface area contributed by atoms with E-state index in [-0.39, 0.29) is 11.3 Å². The summed E-state index contributed by atoms with van der Waals surface area (Å²) in [5.74, 6) is -1.45. The van der Waals surface area contributed by atoms with Gasteiger partial charge in [0.2, 0.25) is 0 Å². The van der Waals surface area contributed by atoms with E-state index in [1.165, 1.54) is 4.90 Å². The standard InChI is InChI=1S/C26H22ClNO3/c1-17-7-9-20(10-8-17)24(29)22-23(19-11-13-21(27)14-12-19)28(26(31)25(22)30)16-15-18-5-3-2-4-6-18/h2-14,23,29H,15-16H2,1H3/b24-22+. The van der Waals surface area contributed by atoms with Crippen molar-refractivity contribution in [3.63, 3.8) is 0 Å². The fourth-order valence-electron chi connectivity index (χ4n) is 3.86. The summed E-state index contributed by atoms with van der Waals surface area (Å²) in [6.07, 6.45) is 0.600. The monoisotopic (exact) mass is 431 g/mol. The Hall–Kier alpha value is -3.37. The van der Waals surface area contributed by atoms with E-state index in [2.05, 4.69) is 0 Å². The molecule has 31 heavy (non-hydrogen) atoms. The lowest BCUT2D eigenvalue weighted by molar-refractivity contribution is -0.139. The molecular weight excluding hydrogens is 410 g/mol. The summed E-state index contributed by atoms with van der Waals surface area (Å²) < 4.78 is 0. The van der Waals surface area contributed by atoms with E-state index in [1.54, 1.807) is 36.4 Å². The van der Waals surface area contributed by atoms with Crippen LogP contribution in [0.4, 0.5) is 0 Å². The first-order valence-corrected chi connectivity index (χ1v) is 10.5. The van der Waals surface area contributed by atoms with Gasteiger partial charge in [0.05, 0.1) is 11.6 Å². The molecule has 1 aliphatic heterocycles. The molecule has 1 amide bonds. The number of hydrogen-bond donors (Lipinski definition) is 1. The van der Waals surface area contributed by atoms with E-state index >= 15 is 0 Å². The summed E-state index contributed by atoms with van der Waals surface area (Å²) >= 11 is 6.05. The molecular formula is C26H22ClNO3. The number of rotatable bonds is 5. The molecule has 1 atom stereocenters. The normalized spacial score (nSPS) is 17.9. The highest BCUT2D eigenvalue weighted by atomic mass is 35.5. The van der Waals surface area contributed by atoms with Crippen molar-refractivity contribution in [2.75, 3.05) is 6.54 Å². The molecule has 4 nitrogen and oxygen atoms in total. The van der Waals surface area contributed by atoms with E-state index in [9.17, 15) is 14.7 Å². The number of likely N-dealkylation sites (tertiary alicyclic amines) is 1. The number of carbonyl (C=O) groups excluding carboxylic acids is 2. The molecule has 1 fully saturated rings. The van der Waals surface area contributed by atoms with Gasteiger partial charge >= 0.3 is 0 Å². The zero-order valence-corrected chi connectivity index (χ0v) is 17.8. The van der Waals surface area contributed by atoms with Crippen LogP contribution in [0.3, 0.4) is 0 Å². The van der Waals surface area contributed by atoms with Gasteiger partial charge in [-0.2, -0.15) is 0 Å². The number of Topliss-reactive ketones (excluding diaryl/α,β-unsaturated/α-hetero) is 1. The summed E-state index contributed by atoms with van der Waals surface area (Å²) in [5, 5.41) is 11.6. The molecule has 0 bridgehead atoms. The quantitative estimate of drug-likeness (QED) is 0.338. The van der Waals surface area contributed by atoms with Crippen LogP contribution >= 0.6 is 11.6 Å². The van der Waals surface area contributed by atoms with Gasteiger partial charge in [0.1, 0.15) is 5.76 Å². The first kappa shape index (κ1) is 20.9. The first-order chi connectivity index (χ1) is 15.0. The van der Waals surface area contributed by atoms with Crippen molar-refractivity contribution in [1.82, 2.24) is 4.90 Å². The third-order valence-electron chi connectivity index (χ3n) is 5.53. The molecule has 1 heterocycles. The zero-order valence-electron chi connectivity index (χ0n) is 17.1. The third kappa shape index (κ3) is 4.25. The maximum absolute atomic E-state index is 13.0. The molecule has 4 rings (SSSR count). The predicted molar refractivity (Wildman–Crippen MR) is 122 cm³/mol. The molecule has 1 N–H and O–H groups in total. The number of ketones is 1. The van der Waals surface area contributed by atoms with Gasteiger partial charge in [-0.25, -0.2) is 0 Å². The van der Waals surface area contributed by atoms with Gasteiger partial charge in [0.15, 0.2) is 0 Å². The van der Waals surface area contributed by atoms with Crippen LogP contribution in [0, 0.1) is 6.92 Å². The highest BCUT2D eigenvalue weighted by Crippen LogP contribution is 2.39. The van der Waals surface area contributed by atoms with E-state index in [0.717, 1.165) is 16.7 Å². The lowest BCUT2D eigenvalue weighted by Crippen LogP contribution is -2.31. The molecule has 5 heteroatoms. The van der Waals surface area contributed by atoms with Gasteiger partial charge in [-0.1, -0.05) is 83.9 Å². The number of hydrogen-bond acceptors (Lipinski definition) is 3.